The van der Waals surface area contributed by atoms with Gasteiger partial charge in [-0.05, 0) is 20.8 Å². The molecule has 0 saturated heterocycles. The van der Waals surface area contributed by atoms with E-state index in [0.29, 0.717) is 16.7 Å². The molecule has 0 amide bonds. The Morgan fingerprint density at radius 1 is 0.667 bits per heavy atom. The normalized spacial score (nSPS) is 13.8. The van der Waals surface area contributed by atoms with E-state index < -0.39 is 0 Å². The molecule has 6 nitrogen and oxygen atoms in total. The van der Waals surface area contributed by atoms with Crippen LogP contribution in [0.3, 0.4) is 0 Å². The number of allylic oxidation sites excluding steroid dienone is 3. The maximum Gasteiger partial charge on any atom is 0.162 e. The van der Waals surface area contributed by atoms with Crippen molar-refractivity contribution in [3.8, 4) is 0 Å². The minimum Gasteiger partial charge on any atom is -0.515 e. The topological polar surface area (TPSA) is 99.4 Å². The van der Waals surface area contributed by atoms with Crippen molar-refractivity contribution in [1.29, 1.82) is 0 Å². The molecule has 1 rings (SSSR count). The summed E-state index contributed by atoms with van der Waals surface area (Å²) >= 11 is 0. The van der Waals surface area contributed by atoms with Gasteiger partial charge in [-0.2, -0.15) is 0 Å². The molecule has 0 aliphatic carbocycles. The lowest BCUT2D eigenvalue weighted by atomic mass is 10.2. The Balaban J connectivity index is 3.48. The van der Waals surface area contributed by atoms with Crippen molar-refractivity contribution in [3.05, 3.63) is 36.3 Å². The Morgan fingerprint density at radius 2 is 0.889 bits per heavy atom. The summed E-state index contributed by atoms with van der Waals surface area (Å²) in [6.07, 6.45) is 2.66. The molecule has 18 heavy (non-hydrogen) atoms. The van der Waals surface area contributed by atoms with Crippen molar-refractivity contribution in [2.45, 2.75) is 20.8 Å². The monoisotopic (exact) mass is 249 g/mol. The highest BCUT2D eigenvalue weighted by Gasteiger charge is 2.11. The molecule has 0 fully saturated rings. The molecule has 0 radical (unpaired) electrons. The quantitative estimate of drug-likeness (QED) is 0.712. The van der Waals surface area contributed by atoms with Crippen molar-refractivity contribution in [2.75, 3.05) is 0 Å². The summed E-state index contributed by atoms with van der Waals surface area (Å²) in [6.45, 7) is 4.91. The molecule has 0 aliphatic rings. The van der Waals surface area contributed by atoms with E-state index in [0.717, 1.165) is 18.8 Å². The highest BCUT2D eigenvalue weighted by atomic mass is 16.2. The second-order valence-corrected chi connectivity index (χ2v) is 3.74. The highest BCUT2D eigenvalue weighted by molar-refractivity contribution is 5.64. The third-order valence-corrected chi connectivity index (χ3v) is 2.27. The summed E-state index contributed by atoms with van der Waals surface area (Å²) in [5, 5.41) is 26.9. The first-order valence-corrected chi connectivity index (χ1v) is 5.23. The smallest absolute Gasteiger partial charge is 0.162 e. The summed E-state index contributed by atoms with van der Waals surface area (Å²) in [4.78, 5) is 12.3. The van der Waals surface area contributed by atoms with E-state index in [1.54, 1.807) is 20.8 Å². The van der Waals surface area contributed by atoms with Gasteiger partial charge in [-0.1, -0.05) is 0 Å². The minimum atomic E-state index is 0.278. The van der Waals surface area contributed by atoms with Crippen molar-refractivity contribution in [1.82, 2.24) is 15.0 Å². The predicted octanol–water partition coefficient (Wildman–Crippen LogP) is 2.63. The van der Waals surface area contributed by atoms with Crippen molar-refractivity contribution < 1.29 is 15.3 Å². The van der Waals surface area contributed by atoms with Crippen LogP contribution in [0, 0.1) is 0 Å². The van der Waals surface area contributed by atoms with E-state index in [1.807, 2.05) is 0 Å². The first kappa shape index (κ1) is 13.7. The van der Waals surface area contributed by atoms with E-state index in [9.17, 15) is 0 Å². The molecule has 3 N–H and O–H groups in total. The second kappa shape index (κ2) is 5.81. The lowest BCUT2D eigenvalue weighted by Crippen LogP contribution is -2.05. The summed E-state index contributed by atoms with van der Waals surface area (Å²) in [7, 11) is 0. The van der Waals surface area contributed by atoms with Crippen LogP contribution in [-0.2, 0) is 0 Å². The van der Waals surface area contributed by atoms with Gasteiger partial charge in [0.25, 0.3) is 0 Å². The molecule has 1 heterocycles. The number of aliphatic hydroxyl groups excluding tert-OH is 3. The van der Waals surface area contributed by atoms with Crippen LogP contribution in [0.4, 0.5) is 0 Å². The number of nitrogens with zero attached hydrogens (tertiary/aromatic N) is 3. The van der Waals surface area contributed by atoms with E-state index in [4.69, 9.17) is 15.3 Å². The van der Waals surface area contributed by atoms with Crippen LogP contribution in [0.5, 0.6) is 0 Å². The van der Waals surface area contributed by atoms with Gasteiger partial charge in [-0.25, -0.2) is 15.0 Å². The SMILES string of the molecule is C/C(=C/O)c1nc(/C(C)=C/O)nc(/C(C)=C/O)n1. The first-order chi connectivity index (χ1) is 8.53. The van der Waals surface area contributed by atoms with Gasteiger partial charge in [0.1, 0.15) is 0 Å². The molecule has 0 bridgehead atoms. The Kier molecular flexibility index (Phi) is 4.42. The van der Waals surface area contributed by atoms with Crippen LogP contribution >= 0.6 is 0 Å². The van der Waals surface area contributed by atoms with Crippen LogP contribution in [-0.4, -0.2) is 30.3 Å². The van der Waals surface area contributed by atoms with Gasteiger partial charge in [0.2, 0.25) is 0 Å². The molecule has 0 aliphatic heterocycles. The Hall–Kier alpha value is -2.37. The fourth-order valence-corrected chi connectivity index (χ4v) is 1.08. The third-order valence-electron chi connectivity index (χ3n) is 2.27. The maximum atomic E-state index is 8.97. The van der Waals surface area contributed by atoms with Crippen LogP contribution in [0.15, 0.2) is 18.8 Å². The van der Waals surface area contributed by atoms with Gasteiger partial charge < -0.3 is 15.3 Å². The molecule has 0 atom stereocenters. The van der Waals surface area contributed by atoms with E-state index in [2.05, 4.69) is 15.0 Å². The van der Waals surface area contributed by atoms with Crippen LogP contribution in [0.25, 0.3) is 16.7 Å². The molecule has 0 spiro atoms. The molecule has 6 heteroatoms. The third kappa shape index (κ3) is 2.85. The average Bonchev–Trinajstić information content (AvgIpc) is 2.43. The number of aliphatic hydroxyl groups is 3. The highest BCUT2D eigenvalue weighted by Crippen LogP contribution is 2.16. The Bertz CT molecular complexity index is 445. The molecule has 0 aromatic carbocycles. The lowest BCUT2D eigenvalue weighted by Gasteiger charge is -2.06. The van der Waals surface area contributed by atoms with Crippen molar-refractivity contribution >= 4 is 16.7 Å². The summed E-state index contributed by atoms with van der Waals surface area (Å²) in [5.74, 6) is 0.833. The average molecular weight is 249 g/mol. The van der Waals surface area contributed by atoms with Gasteiger partial charge in [0, 0.05) is 16.7 Å². The molecule has 1 aromatic heterocycles. The zero-order valence-electron chi connectivity index (χ0n) is 10.4. The van der Waals surface area contributed by atoms with Crippen molar-refractivity contribution in [3.63, 3.8) is 0 Å². The number of hydrogen-bond acceptors (Lipinski definition) is 6. The molecule has 0 saturated carbocycles. The van der Waals surface area contributed by atoms with E-state index in [1.165, 1.54) is 0 Å². The molecular formula is C12H15N3O3. The van der Waals surface area contributed by atoms with Crippen LogP contribution in [0.1, 0.15) is 38.2 Å². The summed E-state index contributed by atoms with van der Waals surface area (Å²) in [5.41, 5.74) is 1.36. The van der Waals surface area contributed by atoms with Crippen molar-refractivity contribution in [2.24, 2.45) is 0 Å². The molecule has 1 aromatic rings. The fourth-order valence-electron chi connectivity index (χ4n) is 1.08. The number of rotatable bonds is 3. The van der Waals surface area contributed by atoms with Crippen LogP contribution in [0.2, 0.25) is 0 Å². The van der Waals surface area contributed by atoms with Gasteiger partial charge in [-0.15, -0.1) is 0 Å². The summed E-state index contributed by atoms with van der Waals surface area (Å²) < 4.78 is 0. The zero-order chi connectivity index (χ0) is 13.7. The number of hydrogen-bond donors (Lipinski definition) is 3. The van der Waals surface area contributed by atoms with E-state index in [-0.39, 0.29) is 17.5 Å². The molecular weight excluding hydrogens is 234 g/mol. The maximum absolute atomic E-state index is 8.97. The van der Waals surface area contributed by atoms with E-state index >= 15 is 0 Å². The standard InChI is InChI=1S/C12H15N3O3/c1-7(4-16)10-13-11(8(2)5-17)15-12(14-10)9(3)6-18/h4-6,16-18H,1-3H3/b7-4-,8-5+,9-6+. The van der Waals surface area contributed by atoms with Gasteiger partial charge in [0.15, 0.2) is 17.5 Å². The van der Waals surface area contributed by atoms with Gasteiger partial charge in [0.05, 0.1) is 18.8 Å². The second-order valence-electron chi connectivity index (χ2n) is 3.74. The summed E-state index contributed by atoms with van der Waals surface area (Å²) in [6, 6.07) is 0. The first-order valence-electron chi connectivity index (χ1n) is 5.23. The Labute approximate surface area is 105 Å². The number of aromatic nitrogens is 3. The lowest BCUT2D eigenvalue weighted by molar-refractivity contribution is 0.474. The van der Waals surface area contributed by atoms with Gasteiger partial charge in [-0.3, -0.25) is 0 Å². The largest absolute Gasteiger partial charge is 0.515 e. The van der Waals surface area contributed by atoms with Gasteiger partial charge >= 0.3 is 0 Å². The van der Waals surface area contributed by atoms with Crippen LogP contribution < -0.4 is 0 Å². The zero-order valence-corrected chi connectivity index (χ0v) is 10.4. The fraction of sp³-hybridized carbons (Fsp3) is 0.250. The Morgan fingerprint density at radius 3 is 1.06 bits per heavy atom. The molecule has 0 unspecified atom stereocenters. The molecule has 96 valence electrons. The minimum absolute atomic E-state index is 0.278. The predicted molar refractivity (Wildman–Crippen MR) is 68.7 cm³/mol.